The number of hydrogen-bond donors (Lipinski definition) is 1. The zero-order valence-corrected chi connectivity index (χ0v) is 14.9. The second-order valence-electron chi connectivity index (χ2n) is 5.69. The zero-order valence-electron chi connectivity index (χ0n) is 14.9. The summed E-state index contributed by atoms with van der Waals surface area (Å²) < 4.78 is 60.3. The van der Waals surface area contributed by atoms with Crippen molar-refractivity contribution in [2.24, 2.45) is 0 Å². The summed E-state index contributed by atoms with van der Waals surface area (Å²) in [6, 6.07) is 8.92. The van der Waals surface area contributed by atoms with Gasteiger partial charge in [-0.15, -0.1) is 18.3 Å². The third-order valence-corrected chi connectivity index (χ3v) is 3.70. The van der Waals surface area contributed by atoms with E-state index in [-0.39, 0.29) is 23.5 Å². The summed E-state index contributed by atoms with van der Waals surface area (Å²) in [6.07, 6.45) is -3.40. The van der Waals surface area contributed by atoms with Crippen LogP contribution in [0, 0.1) is 5.82 Å². The van der Waals surface area contributed by atoms with Gasteiger partial charge in [0.05, 0.1) is 30.6 Å². The van der Waals surface area contributed by atoms with Crippen LogP contribution < -0.4 is 10.1 Å². The molecule has 1 heterocycles. The fourth-order valence-corrected chi connectivity index (χ4v) is 2.38. The van der Waals surface area contributed by atoms with Crippen LogP contribution in [0.3, 0.4) is 0 Å². The summed E-state index contributed by atoms with van der Waals surface area (Å²) in [4.78, 5) is 15.4. The Balaban J connectivity index is 1.64. The van der Waals surface area contributed by atoms with Gasteiger partial charge in [-0.3, -0.25) is 0 Å². The Morgan fingerprint density at radius 2 is 1.90 bits per heavy atom. The Morgan fingerprint density at radius 3 is 2.52 bits per heavy atom. The second-order valence-corrected chi connectivity index (χ2v) is 5.69. The highest BCUT2D eigenvalue weighted by atomic mass is 19.4. The molecule has 0 spiro atoms. The van der Waals surface area contributed by atoms with Crippen molar-refractivity contribution in [3.05, 3.63) is 66.0 Å². The summed E-state index contributed by atoms with van der Waals surface area (Å²) in [6.45, 7) is 0.0801. The van der Waals surface area contributed by atoms with Gasteiger partial charge >= 0.3 is 12.3 Å². The van der Waals surface area contributed by atoms with E-state index in [0.29, 0.717) is 11.5 Å². The Morgan fingerprint density at radius 1 is 1.17 bits per heavy atom. The summed E-state index contributed by atoms with van der Waals surface area (Å²) in [7, 11) is 1.20. The molecule has 11 heteroatoms. The maximum atomic E-state index is 14.1. The monoisotopic (exact) mass is 410 g/mol. The topological polar surface area (TPSA) is 78.3 Å². The first-order valence-corrected chi connectivity index (χ1v) is 8.13. The van der Waals surface area contributed by atoms with E-state index in [9.17, 15) is 22.4 Å². The molecule has 0 aliphatic carbocycles. The molecule has 1 N–H and O–H groups in total. The minimum atomic E-state index is -4.77. The molecule has 3 rings (SSSR count). The van der Waals surface area contributed by atoms with Gasteiger partial charge in [-0.1, -0.05) is 0 Å². The summed E-state index contributed by atoms with van der Waals surface area (Å²) in [5.41, 5.74) is 0.686. The van der Waals surface area contributed by atoms with Gasteiger partial charge < -0.3 is 14.8 Å². The number of carbonyl (C=O) groups is 1. The largest absolute Gasteiger partial charge is 0.573 e. The zero-order chi connectivity index (χ0) is 21.0. The number of aromatic nitrogens is 3. The number of carbonyl (C=O) groups excluding carboxylic acids is 1. The molecular weight excluding hydrogens is 396 g/mol. The minimum absolute atomic E-state index is 0.0795. The molecule has 0 aliphatic heterocycles. The number of nitrogens with zero attached hydrogens (tertiary/aromatic N) is 3. The molecule has 3 aromatic rings. The number of ether oxygens (including phenoxy) is 2. The van der Waals surface area contributed by atoms with Crippen molar-refractivity contribution in [2.75, 3.05) is 12.4 Å². The molecule has 2 aromatic carbocycles. The second kappa shape index (κ2) is 8.17. The Hall–Kier alpha value is -3.63. The van der Waals surface area contributed by atoms with Crippen molar-refractivity contribution in [1.29, 1.82) is 0 Å². The van der Waals surface area contributed by atoms with Crippen LogP contribution >= 0.6 is 0 Å². The lowest BCUT2D eigenvalue weighted by atomic mass is 10.2. The lowest BCUT2D eigenvalue weighted by Crippen LogP contribution is -2.17. The van der Waals surface area contributed by atoms with Gasteiger partial charge in [0.1, 0.15) is 17.9 Å². The Labute approximate surface area is 161 Å². The molecule has 0 radical (unpaired) electrons. The third kappa shape index (κ3) is 5.21. The first kappa shape index (κ1) is 20.1. The van der Waals surface area contributed by atoms with Gasteiger partial charge in [-0.05, 0) is 42.5 Å². The van der Waals surface area contributed by atoms with E-state index in [1.165, 1.54) is 42.4 Å². The van der Waals surface area contributed by atoms with Crippen molar-refractivity contribution >= 4 is 11.7 Å². The van der Waals surface area contributed by atoms with E-state index < -0.39 is 18.1 Å². The van der Waals surface area contributed by atoms with Gasteiger partial charge in [0.2, 0.25) is 0 Å². The van der Waals surface area contributed by atoms with Gasteiger partial charge in [0, 0.05) is 0 Å². The Bertz CT molecular complexity index is 1000. The standard InChI is InChI=1S/C18H14F4N4O3/c1-28-17(27)11-2-7-15(14(19)8-11)23-9-16-24-10-26(25-16)12-3-5-13(6-4-12)29-18(20,21)22/h2-8,10,23H,9H2,1H3. The summed E-state index contributed by atoms with van der Waals surface area (Å²) >= 11 is 0. The maximum Gasteiger partial charge on any atom is 0.573 e. The molecule has 0 unspecified atom stereocenters. The van der Waals surface area contributed by atoms with E-state index in [2.05, 4.69) is 24.9 Å². The maximum absolute atomic E-state index is 14.1. The van der Waals surface area contributed by atoms with Crippen LogP contribution in [0.2, 0.25) is 0 Å². The number of alkyl halides is 3. The summed E-state index contributed by atoms with van der Waals surface area (Å²) in [5.74, 6) is -1.33. The number of anilines is 1. The molecule has 0 aliphatic rings. The summed E-state index contributed by atoms with van der Waals surface area (Å²) in [5, 5.41) is 6.97. The number of hydrogen-bond acceptors (Lipinski definition) is 6. The normalized spacial score (nSPS) is 11.2. The quantitative estimate of drug-likeness (QED) is 0.493. The Kier molecular flexibility index (Phi) is 5.66. The fourth-order valence-electron chi connectivity index (χ4n) is 2.38. The molecular formula is C18H14F4N4O3. The van der Waals surface area contributed by atoms with E-state index in [1.54, 1.807) is 0 Å². The molecule has 7 nitrogen and oxygen atoms in total. The number of esters is 1. The van der Waals surface area contributed by atoms with Gasteiger partial charge in [-0.25, -0.2) is 18.9 Å². The van der Waals surface area contributed by atoms with E-state index >= 15 is 0 Å². The molecule has 0 saturated heterocycles. The van der Waals surface area contributed by atoms with Crippen LogP contribution in [0.5, 0.6) is 5.75 Å². The average molecular weight is 410 g/mol. The predicted molar refractivity (Wildman–Crippen MR) is 93.1 cm³/mol. The average Bonchev–Trinajstić information content (AvgIpc) is 3.14. The van der Waals surface area contributed by atoms with Crippen LogP contribution in [0.15, 0.2) is 48.8 Å². The molecule has 0 saturated carbocycles. The number of methoxy groups -OCH3 is 1. The number of rotatable bonds is 6. The smallest absolute Gasteiger partial charge is 0.465 e. The molecule has 0 fully saturated rings. The van der Waals surface area contributed by atoms with E-state index in [0.717, 1.165) is 18.2 Å². The number of nitrogens with one attached hydrogen (secondary N) is 1. The molecule has 0 atom stereocenters. The van der Waals surface area contributed by atoms with Crippen LogP contribution in [0.4, 0.5) is 23.2 Å². The fraction of sp³-hybridized carbons (Fsp3) is 0.167. The minimum Gasteiger partial charge on any atom is -0.465 e. The molecule has 0 bridgehead atoms. The lowest BCUT2D eigenvalue weighted by molar-refractivity contribution is -0.274. The lowest BCUT2D eigenvalue weighted by Gasteiger charge is -2.09. The third-order valence-electron chi connectivity index (χ3n) is 3.70. The van der Waals surface area contributed by atoms with Crippen LogP contribution in [-0.2, 0) is 11.3 Å². The van der Waals surface area contributed by atoms with Crippen molar-refractivity contribution in [3.8, 4) is 11.4 Å². The predicted octanol–water partition coefficient (Wildman–Crippen LogP) is 3.70. The first-order chi connectivity index (χ1) is 13.7. The highest BCUT2D eigenvalue weighted by Gasteiger charge is 2.31. The SMILES string of the molecule is COC(=O)c1ccc(NCc2ncn(-c3ccc(OC(F)(F)F)cc3)n2)c(F)c1. The van der Waals surface area contributed by atoms with Crippen LogP contribution in [-0.4, -0.2) is 34.2 Å². The van der Waals surface area contributed by atoms with Crippen LogP contribution in [0.25, 0.3) is 5.69 Å². The van der Waals surface area contributed by atoms with Crippen molar-refractivity contribution in [3.63, 3.8) is 0 Å². The highest BCUT2D eigenvalue weighted by molar-refractivity contribution is 5.89. The first-order valence-electron chi connectivity index (χ1n) is 8.13. The molecule has 152 valence electrons. The van der Waals surface area contributed by atoms with Crippen molar-refractivity contribution in [1.82, 2.24) is 14.8 Å². The van der Waals surface area contributed by atoms with Gasteiger partial charge in [0.25, 0.3) is 0 Å². The highest BCUT2D eigenvalue weighted by Crippen LogP contribution is 2.23. The van der Waals surface area contributed by atoms with Crippen molar-refractivity contribution < 1.29 is 31.8 Å². The van der Waals surface area contributed by atoms with Gasteiger partial charge in [-0.2, -0.15) is 0 Å². The number of benzene rings is 2. The number of halogens is 4. The molecule has 0 amide bonds. The van der Waals surface area contributed by atoms with Gasteiger partial charge in [0.15, 0.2) is 5.82 Å². The van der Waals surface area contributed by atoms with E-state index in [4.69, 9.17) is 0 Å². The molecule has 29 heavy (non-hydrogen) atoms. The molecule has 1 aromatic heterocycles. The van der Waals surface area contributed by atoms with E-state index in [1.807, 2.05) is 0 Å². The van der Waals surface area contributed by atoms with Crippen LogP contribution in [0.1, 0.15) is 16.2 Å². The van der Waals surface area contributed by atoms with Crippen molar-refractivity contribution in [2.45, 2.75) is 12.9 Å².